The van der Waals surface area contributed by atoms with Crippen molar-refractivity contribution in [3.8, 4) is 0 Å². The number of amides is 2. The van der Waals surface area contributed by atoms with Crippen LogP contribution in [0.5, 0.6) is 0 Å². The van der Waals surface area contributed by atoms with E-state index >= 15 is 0 Å². The number of rotatable bonds is 2. The van der Waals surface area contributed by atoms with E-state index in [1.54, 1.807) is 6.07 Å². The Balaban J connectivity index is 1.99. The number of benzene rings is 1. The lowest BCUT2D eigenvalue weighted by molar-refractivity contribution is -0.311. The maximum atomic E-state index is 11.7. The fourth-order valence-corrected chi connectivity index (χ4v) is 2.71. The maximum Gasteiger partial charge on any atom is 0.233 e. The van der Waals surface area contributed by atoms with Crippen molar-refractivity contribution in [1.29, 1.82) is 0 Å². The zero-order chi connectivity index (χ0) is 16.0. The average molecular weight is 302 g/mol. The lowest BCUT2D eigenvalue weighted by Gasteiger charge is -2.30. The molecule has 22 heavy (non-hydrogen) atoms. The van der Waals surface area contributed by atoms with E-state index in [2.05, 4.69) is 10.6 Å². The van der Waals surface area contributed by atoms with Gasteiger partial charge in [-0.15, -0.1) is 0 Å². The molecule has 3 rings (SSSR count). The van der Waals surface area contributed by atoms with Crippen molar-refractivity contribution in [2.75, 3.05) is 10.6 Å². The highest BCUT2D eigenvalue weighted by atomic mass is 16.4. The first-order chi connectivity index (χ1) is 10.4. The normalized spacial score (nSPS) is 22.9. The number of anilines is 2. The van der Waals surface area contributed by atoms with Gasteiger partial charge in [0.05, 0.1) is 23.8 Å². The Morgan fingerprint density at radius 1 is 0.864 bits per heavy atom. The molecule has 0 unspecified atom stereocenters. The zero-order valence-electron chi connectivity index (χ0n) is 11.2. The van der Waals surface area contributed by atoms with Crippen LogP contribution in [0.4, 0.5) is 11.4 Å². The number of fused-ring (bicyclic) bond motifs is 2. The Morgan fingerprint density at radius 2 is 1.27 bits per heavy atom. The van der Waals surface area contributed by atoms with E-state index in [0.717, 1.165) is 0 Å². The molecule has 2 aliphatic rings. The van der Waals surface area contributed by atoms with Crippen LogP contribution in [0.1, 0.15) is 11.1 Å². The third-order valence-corrected chi connectivity index (χ3v) is 3.89. The van der Waals surface area contributed by atoms with Crippen LogP contribution in [0.2, 0.25) is 0 Å². The van der Waals surface area contributed by atoms with Gasteiger partial charge >= 0.3 is 0 Å². The van der Waals surface area contributed by atoms with Gasteiger partial charge in [0.25, 0.3) is 0 Å². The van der Waals surface area contributed by atoms with E-state index in [1.165, 1.54) is 6.07 Å². The molecule has 2 N–H and O–H groups in total. The first-order valence-electron chi connectivity index (χ1n) is 6.56. The summed E-state index contributed by atoms with van der Waals surface area (Å²) in [7, 11) is 0. The molecule has 0 radical (unpaired) electrons. The molecule has 2 amide bonds. The molecular formula is C14H10N2O6-2. The van der Waals surface area contributed by atoms with Crippen molar-refractivity contribution in [3.63, 3.8) is 0 Å². The number of hydrogen-bond donors (Lipinski definition) is 2. The van der Waals surface area contributed by atoms with Gasteiger partial charge in [-0.1, -0.05) is 6.07 Å². The Labute approximate surface area is 124 Å². The second kappa shape index (κ2) is 4.83. The molecule has 0 spiro atoms. The smallest absolute Gasteiger partial charge is 0.233 e. The molecule has 0 aliphatic carbocycles. The molecule has 0 bridgehead atoms. The third kappa shape index (κ3) is 2.18. The summed E-state index contributed by atoms with van der Waals surface area (Å²) in [5.41, 5.74) is 1.91. The van der Waals surface area contributed by atoms with Crippen molar-refractivity contribution in [1.82, 2.24) is 0 Å². The highest BCUT2D eigenvalue weighted by molar-refractivity contribution is 6.09. The van der Waals surface area contributed by atoms with E-state index < -0.39 is 35.6 Å². The molecule has 0 fully saturated rings. The number of hydrogen-bond acceptors (Lipinski definition) is 6. The summed E-state index contributed by atoms with van der Waals surface area (Å²) in [6, 6.07) is 3.09. The summed E-state index contributed by atoms with van der Waals surface area (Å²) < 4.78 is 0. The molecule has 114 valence electrons. The molecule has 8 nitrogen and oxygen atoms in total. The Kier molecular flexibility index (Phi) is 3.09. The van der Waals surface area contributed by atoms with Crippen LogP contribution in [-0.4, -0.2) is 23.8 Å². The number of carboxylic acid groups (broad SMARTS) is 2. The summed E-state index contributed by atoms with van der Waals surface area (Å²) in [5.74, 6) is -6.88. The number of carboxylic acids is 2. The van der Waals surface area contributed by atoms with E-state index in [-0.39, 0.29) is 12.8 Å². The zero-order valence-corrected chi connectivity index (χ0v) is 11.2. The van der Waals surface area contributed by atoms with Gasteiger partial charge < -0.3 is 30.4 Å². The van der Waals surface area contributed by atoms with Crippen molar-refractivity contribution >= 4 is 35.1 Å². The second-order valence-corrected chi connectivity index (χ2v) is 5.30. The first kappa shape index (κ1) is 14.1. The predicted octanol–water partition coefficient (Wildman–Crippen LogP) is -2.59. The van der Waals surface area contributed by atoms with Gasteiger partial charge in [-0.2, -0.15) is 0 Å². The van der Waals surface area contributed by atoms with E-state index in [9.17, 15) is 29.4 Å². The fraction of sp³-hybridized carbons (Fsp3) is 0.286. The van der Waals surface area contributed by atoms with Crippen LogP contribution >= 0.6 is 0 Å². The standard InChI is InChI=1S/C14H12N2O6/c17-11-7(13(19)20)2-5-1-6-3-8(14(21)22)12(18)16-10(6)4-9(5)15-11/h1,4,7-8H,2-3H2,(H,15,17)(H,16,18)(H,19,20)(H,21,22)/p-2/t7-,8+. The predicted molar refractivity (Wildman–Crippen MR) is 68.1 cm³/mol. The highest BCUT2D eigenvalue weighted by Gasteiger charge is 2.32. The first-order valence-corrected chi connectivity index (χ1v) is 6.56. The van der Waals surface area contributed by atoms with Crippen molar-refractivity contribution in [2.24, 2.45) is 11.8 Å². The van der Waals surface area contributed by atoms with Gasteiger partial charge in [0.1, 0.15) is 0 Å². The summed E-state index contributed by atoms with van der Waals surface area (Å²) in [6.07, 6.45) is -0.0819. The van der Waals surface area contributed by atoms with Crippen molar-refractivity contribution in [3.05, 3.63) is 23.3 Å². The molecule has 0 saturated carbocycles. The fourth-order valence-electron chi connectivity index (χ4n) is 2.71. The lowest BCUT2D eigenvalue weighted by atomic mass is 9.87. The summed E-state index contributed by atoms with van der Waals surface area (Å²) in [4.78, 5) is 45.2. The van der Waals surface area contributed by atoms with Gasteiger partial charge in [-0.25, -0.2) is 0 Å². The third-order valence-electron chi connectivity index (χ3n) is 3.89. The SMILES string of the molecule is O=C([O-])[C@H]1Cc2cc3c(cc2NC1=O)NC(=O)[C@H](C(=O)[O-])C3. The van der Waals surface area contributed by atoms with Crippen LogP contribution in [0, 0.1) is 11.8 Å². The quantitative estimate of drug-likeness (QED) is 0.575. The minimum absolute atomic E-state index is 0.0410. The minimum atomic E-state index is -1.47. The van der Waals surface area contributed by atoms with Crippen LogP contribution < -0.4 is 20.8 Å². The molecule has 0 aromatic heterocycles. The number of aliphatic carboxylic acids is 2. The Bertz CT molecular complexity index is 669. The summed E-state index contributed by atoms with van der Waals surface area (Å²) >= 11 is 0. The highest BCUT2D eigenvalue weighted by Crippen LogP contribution is 2.34. The van der Waals surface area contributed by atoms with Gasteiger partial charge in [-0.3, -0.25) is 9.59 Å². The van der Waals surface area contributed by atoms with Crippen LogP contribution in [-0.2, 0) is 32.0 Å². The molecule has 2 aliphatic heterocycles. The molecule has 2 heterocycles. The minimum Gasteiger partial charge on any atom is -0.549 e. The van der Waals surface area contributed by atoms with Gasteiger partial charge in [-0.05, 0) is 30.0 Å². The maximum absolute atomic E-state index is 11.7. The van der Waals surface area contributed by atoms with Crippen LogP contribution in [0.3, 0.4) is 0 Å². The van der Waals surface area contributed by atoms with Crippen molar-refractivity contribution < 1.29 is 29.4 Å². The van der Waals surface area contributed by atoms with Crippen LogP contribution in [0.15, 0.2) is 12.1 Å². The van der Waals surface area contributed by atoms with Gasteiger partial charge in [0.2, 0.25) is 11.8 Å². The molecule has 1 aromatic rings. The number of carbonyl (C=O) groups is 4. The van der Waals surface area contributed by atoms with Gasteiger partial charge in [0, 0.05) is 11.4 Å². The van der Waals surface area contributed by atoms with E-state index in [1.807, 2.05) is 0 Å². The molecule has 8 heteroatoms. The summed E-state index contributed by atoms with van der Waals surface area (Å²) in [6.45, 7) is 0. The Hall–Kier alpha value is -2.90. The molecule has 1 aromatic carbocycles. The molecule has 0 saturated heterocycles. The molecular weight excluding hydrogens is 292 g/mol. The lowest BCUT2D eigenvalue weighted by Crippen LogP contribution is -2.44. The number of nitrogens with one attached hydrogen (secondary N) is 2. The second-order valence-electron chi connectivity index (χ2n) is 5.30. The van der Waals surface area contributed by atoms with E-state index in [4.69, 9.17) is 0 Å². The van der Waals surface area contributed by atoms with E-state index in [0.29, 0.717) is 22.5 Å². The Morgan fingerprint density at radius 3 is 1.64 bits per heavy atom. The monoisotopic (exact) mass is 302 g/mol. The largest absolute Gasteiger partial charge is 0.549 e. The summed E-state index contributed by atoms with van der Waals surface area (Å²) in [5, 5.41) is 26.8. The van der Waals surface area contributed by atoms with Crippen LogP contribution in [0.25, 0.3) is 0 Å². The topological polar surface area (TPSA) is 138 Å². The van der Waals surface area contributed by atoms with Crippen molar-refractivity contribution in [2.45, 2.75) is 12.8 Å². The van der Waals surface area contributed by atoms with Gasteiger partial charge in [0.15, 0.2) is 0 Å². The molecule has 2 atom stereocenters. The average Bonchev–Trinajstić information content (AvgIpc) is 2.43. The number of carbonyl (C=O) groups excluding carboxylic acids is 4.